The van der Waals surface area contributed by atoms with Gasteiger partial charge in [-0.25, -0.2) is 0 Å². The van der Waals surface area contributed by atoms with Crippen LogP contribution in [0.1, 0.15) is 52.2 Å². The molecule has 6 heteroatoms. The minimum atomic E-state index is -0.581. The number of fused-ring (bicyclic) bond motifs is 1. The van der Waals surface area contributed by atoms with Crippen LogP contribution in [0.2, 0.25) is 0 Å². The fraction of sp³-hybridized carbons (Fsp3) is 0.350. The smallest absolute Gasteiger partial charge is 0.251 e. The predicted molar refractivity (Wildman–Crippen MR) is 98.3 cm³/mol. The number of carbonyl (C=O) groups is 3. The molecule has 1 atom stereocenters. The number of amides is 2. The molecule has 1 unspecified atom stereocenters. The summed E-state index contributed by atoms with van der Waals surface area (Å²) < 4.78 is 1.89. The van der Waals surface area contributed by atoms with Crippen molar-refractivity contribution >= 4 is 17.6 Å². The quantitative estimate of drug-likeness (QED) is 0.915. The second-order valence-corrected chi connectivity index (χ2v) is 7.08. The molecule has 1 aromatic heterocycles. The molecule has 1 aliphatic rings. The third kappa shape index (κ3) is 3.27. The van der Waals surface area contributed by atoms with Crippen molar-refractivity contribution in [1.82, 2.24) is 9.47 Å². The van der Waals surface area contributed by atoms with Crippen molar-refractivity contribution in [2.45, 2.75) is 33.2 Å². The van der Waals surface area contributed by atoms with Gasteiger partial charge >= 0.3 is 0 Å². The van der Waals surface area contributed by atoms with E-state index >= 15 is 0 Å². The number of primary amides is 1. The molecule has 0 radical (unpaired) electrons. The molecule has 2 aromatic rings. The van der Waals surface area contributed by atoms with E-state index in [-0.39, 0.29) is 23.2 Å². The Morgan fingerprint density at radius 1 is 1.23 bits per heavy atom. The summed E-state index contributed by atoms with van der Waals surface area (Å²) in [5, 5.41) is 0. The van der Waals surface area contributed by atoms with Crippen molar-refractivity contribution in [2.24, 2.45) is 11.7 Å². The maximum Gasteiger partial charge on any atom is 0.251 e. The van der Waals surface area contributed by atoms with Gasteiger partial charge in [0.15, 0.2) is 5.78 Å². The molecule has 3 rings (SSSR count). The third-order valence-corrected chi connectivity index (χ3v) is 4.90. The number of carbonyl (C=O) groups excluding carboxylic acids is 3. The van der Waals surface area contributed by atoms with E-state index in [2.05, 4.69) is 0 Å². The number of rotatable bonds is 4. The molecule has 2 N–H and O–H groups in total. The van der Waals surface area contributed by atoms with Gasteiger partial charge in [-0.05, 0) is 30.0 Å². The lowest BCUT2D eigenvalue weighted by atomic mass is 9.86. The van der Waals surface area contributed by atoms with Crippen molar-refractivity contribution in [1.29, 1.82) is 0 Å². The molecule has 2 amide bonds. The van der Waals surface area contributed by atoms with Gasteiger partial charge in [-0.3, -0.25) is 14.4 Å². The summed E-state index contributed by atoms with van der Waals surface area (Å²) in [4.78, 5) is 37.3. The lowest BCUT2D eigenvalue weighted by Crippen LogP contribution is -2.23. The maximum atomic E-state index is 12.4. The normalized spacial score (nSPS) is 16.3. The second-order valence-electron chi connectivity index (χ2n) is 7.08. The number of aromatic nitrogens is 1. The fourth-order valence-corrected chi connectivity index (χ4v) is 3.44. The second kappa shape index (κ2) is 6.78. The highest BCUT2D eigenvalue weighted by Gasteiger charge is 2.31. The summed E-state index contributed by atoms with van der Waals surface area (Å²) in [5.74, 6) is -0.367. The molecule has 0 saturated carbocycles. The molecule has 0 saturated heterocycles. The van der Waals surface area contributed by atoms with Crippen LogP contribution in [0.15, 0.2) is 30.5 Å². The van der Waals surface area contributed by atoms with Gasteiger partial charge in [-0.1, -0.05) is 19.1 Å². The summed E-state index contributed by atoms with van der Waals surface area (Å²) in [6.07, 6.45) is 2.83. The van der Waals surface area contributed by atoms with E-state index in [0.29, 0.717) is 18.5 Å². The topological polar surface area (TPSA) is 85.4 Å². The molecular formula is C20H23N3O3. The molecule has 1 aliphatic carbocycles. The average Bonchev–Trinajstić information content (AvgIpc) is 2.95. The highest BCUT2D eigenvalue weighted by Crippen LogP contribution is 2.31. The van der Waals surface area contributed by atoms with Gasteiger partial charge in [0.1, 0.15) is 0 Å². The van der Waals surface area contributed by atoms with Crippen LogP contribution < -0.4 is 5.73 Å². The van der Waals surface area contributed by atoms with Gasteiger partial charge in [0.25, 0.3) is 5.91 Å². The summed E-state index contributed by atoms with van der Waals surface area (Å²) in [7, 11) is 1.75. The molecule has 136 valence electrons. The van der Waals surface area contributed by atoms with Gasteiger partial charge in [-0.2, -0.15) is 0 Å². The monoisotopic (exact) mass is 353 g/mol. The standard InChI is InChI=1S/C20H23N3O3/c1-12-8-17-19(18(25)9-12)16(20(21)26)11-23(17)15-6-4-14(5-7-15)10-22(3)13(2)24/h4-7,11-12H,8-10H2,1-3H3,(H2,21,26). The molecule has 1 heterocycles. The number of nitrogens with two attached hydrogens (primary N) is 1. The first-order valence-corrected chi connectivity index (χ1v) is 8.66. The van der Waals surface area contributed by atoms with Gasteiger partial charge in [-0.15, -0.1) is 0 Å². The third-order valence-electron chi connectivity index (χ3n) is 4.90. The average molecular weight is 353 g/mol. The van der Waals surface area contributed by atoms with E-state index in [1.54, 1.807) is 18.1 Å². The lowest BCUT2D eigenvalue weighted by molar-refractivity contribution is -0.128. The Balaban J connectivity index is 1.99. The first-order valence-electron chi connectivity index (χ1n) is 8.66. The minimum Gasteiger partial charge on any atom is -0.366 e. The highest BCUT2D eigenvalue weighted by molar-refractivity contribution is 6.09. The van der Waals surface area contributed by atoms with Gasteiger partial charge in [0, 0.05) is 44.5 Å². The van der Waals surface area contributed by atoms with E-state index in [1.165, 1.54) is 6.92 Å². The maximum absolute atomic E-state index is 12.4. The SMILES string of the molecule is CC(=O)N(C)Cc1ccc(-n2cc(C(N)=O)c3c2CC(C)CC3=O)cc1. The number of Topliss-reactive ketones (excluding diaryl/α,β-unsaturated/α-hetero) is 1. The molecular weight excluding hydrogens is 330 g/mol. The molecule has 1 aromatic carbocycles. The minimum absolute atomic E-state index is 0.00663. The number of hydrogen-bond donors (Lipinski definition) is 1. The highest BCUT2D eigenvalue weighted by atomic mass is 16.2. The van der Waals surface area contributed by atoms with Gasteiger partial charge < -0.3 is 15.2 Å². The zero-order valence-corrected chi connectivity index (χ0v) is 15.3. The number of benzene rings is 1. The van der Waals surface area contributed by atoms with Crippen LogP contribution in [0.4, 0.5) is 0 Å². The van der Waals surface area contributed by atoms with Crippen LogP contribution in [0.5, 0.6) is 0 Å². The van der Waals surface area contributed by atoms with Crippen LogP contribution in [-0.4, -0.2) is 34.1 Å². The lowest BCUT2D eigenvalue weighted by Gasteiger charge is -2.21. The zero-order chi connectivity index (χ0) is 19.0. The summed E-state index contributed by atoms with van der Waals surface area (Å²) in [6, 6.07) is 7.74. The first-order chi connectivity index (χ1) is 12.3. The Morgan fingerprint density at radius 3 is 2.46 bits per heavy atom. The van der Waals surface area contributed by atoms with Crippen LogP contribution in [0.25, 0.3) is 5.69 Å². The van der Waals surface area contributed by atoms with Crippen LogP contribution in [0.3, 0.4) is 0 Å². The summed E-state index contributed by atoms with van der Waals surface area (Å²) in [6.45, 7) is 4.09. The molecule has 26 heavy (non-hydrogen) atoms. The molecule has 6 nitrogen and oxygen atoms in total. The largest absolute Gasteiger partial charge is 0.366 e. The van der Waals surface area contributed by atoms with Crippen LogP contribution >= 0.6 is 0 Å². The van der Waals surface area contributed by atoms with Gasteiger partial charge in [0.2, 0.25) is 5.91 Å². The van der Waals surface area contributed by atoms with Crippen molar-refractivity contribution in [3.05, 3.63) is 52.8 Å². The first kappa shape index (κ1) is 17.9. The Kier molecular flexibility index (Phi) is 4.68. The molecule has 0 aliphatic heterocycles. The van der Waals surface area contributed by atoms with Crippen molar-refractivity contribution in [3.63, 3.8) is 0 Å². The molecule has 0 fully saturated rings. The predicted octanol–water partition coefficient (Wildman–Crippen LogP) is 2.32. The van der Waals surface area contributed by atoms with Crippen molar-refractivity contribution < 1.29 is 14.4 Å². The van der Waals surface area contributed by atoms with Crippen LogP contribution in [-0.2, 0) is 17.8 Å². The van der Waals surface area contributed by atoms with Crippen molar-refractivity contribution in [3.8, 4) is 5.69 Å². The zero-order valence-electron chi connectivity index (χ0n) is 15.3. The number of nitrogens with zero attached hydrogens (tertiary/aromatic N) is 2. The van der Waals surface area contributed by atoms with Crippen molar-refractivity contribution in [2.75, 3.05) is 7.05 Å². The summed E-state index contributed by atoms with van der Waals surface area (Å²) >= 11 is 0. The van der Waals surface area contributed by atoms with E-state index < -0.39 is 5.91 Å². The van der Waals surface area contributed by atoms with E-state index in [4.69, 9.17) is 5.73 Å². The van der Waals surface area contributed by atoms with Crippen LogP contribution in [0, 0.1) is 5.92 Å². The number of hydrogen-bond acceptors (Lipinski definition) is 3. The Morgan fingerprint density at radius 2 is 1.88 bits per heavy atom. The summed E-state index contributed by atoms with van der Waals surface area (Å²) in [5.41, 5.74) is 8.96. The van der Waals surface area contributed by atoms with E-state index in [9.17, 15) is 14.4 Å². The van der Waals surface area contributed by atoms with E-state index in [1.807, 2.05) is 35.8 Å². The Hall–Kier alpha value is -2.89. The molecule has 0 bridgehead atoms. The van der Waals surface area contributed by atoms with Gasteiger partial charge in [0.05, 0.1) is 11.1 Å². The number of ketones is 1. The molecule has 0 spiro atoms. The Bertz CT molecular complexity index is 880. The Labute approximate surface area is 152 Å². The van der Waals surface area contributed by atoms with E-state index in [0.717, 1.165) is 23.4 Å². The fourth-order valence-electron chi connectivity index (χ4n) is 3.44.